The highest BCUT2D eigenvalue weighted by atomic mass is 19.1. The Hall–Kier alpha value is -3.47. The first-order valence-corrected chi connectivity index (χ1v) is 9.45. The molecule has 10 nitrogen and oxygen atoms in total. The molecular weight excluding hydrogens is 397 g/mol. The number of ether oxygens (including phenoxy) is 2. The lowest BCUT2D eigenvalue weighted by molar-refractivity contribution is 0.0735. The molecule has 4 heterocycles. The van der Waals surface area contributed by atoms with Crippen molar-refractivity contribution in [2.75, 3.05) is 26.3 Å². The molecule has 3 aromatic rings. The van der Waals surface area contributed by atoms with Crippen molar-refractivity contribution in [1.82, 2.24) is 24.5 Å². The fourth-order valence-corrected chi connectivity index (χ4v) is 3.32. The third-order valence-corrected chi connectivity index (χ3v) is 4.71. The van der Waals surface area contributed by atoms with Gasteiger partial charge in [0.1, 0.15) is 12.7 Å². The quantitative estimate of drug-likeness (QED) is 0.623. The summed E-state index contributed by atoms with van der Waals surface area (Å²) in [5.74, 6) is -1.45. The number of hydrogen-bond donors (Lipinski definition) is 2. The summed E-state index contributed by atoms with van der Waals surface area (Å²) in [6.45, 7) is 0.0390. The minimum atomic E-state index is -1.05. The highest BCUT2D eigenvalue weighted by Gasteiger charge is 2.28. The van der Waals surface area contributed by atoms with Crippen LogP contribution in [0.3, 0.4) is 0 Å². The average Bonchev–Trinajstić information content (AvgIpc) is 3.18. The first kappa shape index (κ1) is 19.8. The van der Waals surface area contributed by atoms with E-state index in [0.29, 0.717) is 30.5 Å². The molecule has 1 amide bonds. The monoisotopic (exact) mass is 417 g/mol. The van der Waals surface area contributed by atoms with Crippen molar-refractivity contribution in [3.8, 4) is 23.1 Å². The molecule has 1 fully saturated rings. The van der Waals surface area contributed by atoms with Gasteiger partial charge in [-0.05, 0) is 25.0 Å². The van der Waals surface area contributed by atoms with Crippen LogP contribution >= 0.6 is 0 Å². The van der Waals surface area contributed by atoms with Gasteiger partial charge in [-0.1, -0.05) is 6.07 Å². The van der Waals surface area contributed by atoms with E-state index in [-0.39, 0.29) is 37.3 Å². The van der Waals surface area contributed by atoms with Crippen molar-refractivity contribution < 1.29 is 28.9 Å². The smallest absolute Gasteiger partial charge is 0.407 e. The zero-order valence-electron chi connectivity index (χ0n) is 15.9. The molecule has 1 aliphatic heterocycles. The molecule has 0 unspecified atom stereocenters. The van der Waals surface area contributed by atoms with Gasteiger partial charge in [-0.3, -0.25) is 0 Å². The number of piperidine rings is 1. The molecular formula is C19H20FN5O5. The topological polar surface area (TPSA) is 122 Å². The molecule has 30 heavy (non-hydrogen) atoms. The van der Waals surface area contributed by atoms with Crippen LogP contribution in [0, 0.1) is 5.82 Å². The number of aromatic nitrogens is 4. The van der Waals surface area contributed by atoms with Gasteiger partial charge in [0.05, 0.1) is 30.4 Å². The zero-order valence-corrected chi connectivity index (χ0v) is 15.9. The van der Waals surface area contributed by atoms with Crippen LogP contribution in [0.5, 0.6) is 11.8 Å². The fourth-order valence-electron chi connectivity index (χ4n) is 3.32. The molecule has 0 aliphatic carbocycles. The van der Waals surface area contributed by atoms with E-state index in [9.17, 15) is 14.3 Å². The molecule has 1 saturated heterocycles. The molecule has 0 bridgehead atoms. The largest absolute Gasteiger partial charge is 0.473 e. The fraction of sp³-hybridized carbons (Fsp3) is 0.368. The van der Waals surface area contributed by atoms with E-state index in [0.717, 1.165) is 0 Å². The second kappa shape index (κ2) is 8.49. The number of pyridine rings is 1. The molecule has 158 valence electrons. The van der Waals surface area contributed by atoms with Crippen LogP contribution in [0.25, 0.3) is 16.9 Å². The summed E-state index contributed by atoms with van der Waals surface area (Å²) in [4.78, 5) is 20.8. The Balaban J connectivity index is 1.70. The first-order chi connectivity index (χ1) is 14.6. The predicted molar refractivity (Wildman–Crippen MR) is 102 cm³/mol. The highest BCUT2D eigenvalue weighted by Crippen LogP contribution is 2.30. The van der Waals surface area contributed by atoms with E-state index in [4.69, 9.17) is 14.6 Å². The minimum Gasteiger partial charge on any atom is -0.473 e. The van der Waals surface area contributed by atoms with Crippen molar-refractivity contribution >= 4 is 11.6 Å². The third kappa shape index (κ3) is 3.96. The average molecular weight is 417 g/mol. The number of nitrogens with zero attached hydrogens (tertiary/aromatic N) is 5. The molecule has 11 heteroatoms. The lowest BCUT2D eigenvalue weighted by Gasteiger charge is -2.30. The summed E-state index contributed by atoms with van der Waals surface area (Å²) in [6, 6.07) is 5.46. The molecule has 1 aliphatic rings. The van der Waals surface area contributed by atoms with Crippen molar-refractivity contribution in [3.63, 3.8) is 0 Å². The summed E-state index contributed by atoms with van der Waals surface area (Å²) in [6.07, 6.45) is 2.86. The van der Waals surface area contributed by atoms with E-state index >= 15 is 0 Å². The van der Waals surface area contributed by atoms with Crippen LogP contribution in [-0.2, 0) is 0 Å². The Labute approximate surface area is 170 Å². The van der Waals surface area contributed by atoms with E-state index in [1.165, 1.54) is 4.90 Å². The Kier molecular flexibility index (Phi) is 5.61. The van der Waals surface area contributed by atoms with Gasteiger partial charge >= 0.3 is 6.09 Å². The van der Waals surface area contributed by atoms with Gasteiger partial charge in [0.15, 0.2) is 5.82 Å². The molecule has 0 radical (unpaired) electrons. The summed E-state index contributed by atoms with van der Waals surface area (Å²) in [7, 11) is 0. The van der Waals surface area contributed by atoms with E-state index in [1.54, 1.807) is 16.9 Å². The molecule has 3 aromatic heterocycles. The van der Waals surface area contributed by atoms with Gasteiger partial charge in [0.25, 0.3) is 11.8 Å². The van der Waals surface area contributed by atoms with E-state index < -0.39 is 18.0 Å². The van der Waals surface area contributed by atoms with Gasteiger partial charge in [-0.25, -0.2) is 9.31 Å². The van der Waals surface area contributed by atoms with Gasteiger partial charge in [-0.2, -0.15) is 19.5 Å². The van der Waals surface area contributed by atoms with E-state index in [1.807, 2.05) is 18.2 Å². The Morgan fingerprint density at radius 3 is 2.93 bits per heavy atom. The SMILES string of the molecule is O=C(O)N1CCC[C@@H](Oc2nc(-c3cnn4ccccc34)nc(OCCO)c2F)C1. The van der Waals surface area contributed by atoms with Crippen molar-refractivity contribution in [3.05, 3.63) is 36.4 Å². The lowest BCUT2D eigenvalue weighted by atomic mass is 10.1. The molecule has 1 atom stereocenters. The van der Waals surface area contributed by atoms with Crippen molar-refractivity contribution in [2.45, 2.75) is 18.9 Å². The molecule has 2 N–H and O–H groups in total. The van der Waals surface area contributed by atoms with Crippen LogP contribution in [-0.4, -0.2) is 73.2 Å². The minimum absolute atomic E-state index is 0.109. The van der Waals surface area contributed by atoms with Crippen molar-refractivity contribution in [2.24, 2.45) is 0 Å². The van der Waals surface area contributed by atoms with E-state index in [2.05, 4.69) is 15.1 Å². The zero-order chi connectivity index (χ0) is 21.1. The number of halogens is 1. The summed E-state index contributed by atoms with van der Waals surface area (Å²) >= 11 is 0. The number of likely N-dealkylation sites (tertiary alicyclic amines) is 1. The number of carboxylic acid groups (broad SMARTS) is 1. The summed E-state index contributed by atoms with van der Waals surface area (Å²) in [5.41, 5.74) is 1.25. The molecule has 0 aromatic carbocycles. The number of fused-ring (bicyclic) bond motifs is 1. The van der Waals surface area contributed by atoms with Crippen LogP contribution in [0.4, 0.5) is 9.18 Å². The number of aliphatic hydroxyl groups is 1. The Bertz CT molecular complexity index is 1060. The van der Waals surface area contributed by atoms with Crippen LogP contribution in [0.1, 0.15) is 12.8 Å². The summed E-state index contributed by atoms with van der Waals surface area (Å²) in [5, 5.41) is 22.5. The van der Waals surface area contributed by atoms with Gasteiger partial charge < -0.3 is 24.6 Å². The van der Waals surface area contributed by atoms with Gasteiger partial charge in [0.2, 0.25) is 5.82 Å². The predicted octanol–water partition coefficient (Wildman–Crippen LogP) is 1.82. The number of amides is 1. The number of hydrogen-bond acceptors (Lipinski definition) is 7. The molecule has 0 saturated carbocycles. The molecule has 0 spiro atoms. The maximum absolute atomic E-state index is 14.9. The van der Waals surface area contributed by atoms with Crippen LogP contribution in [0.2, 0.25) is 0 Å². The Morgan fingerprint density at radius 2 is 2.13 bits per heavy atom. The first-order valence-electron chi connectivity index (χ1n) is 9.45. The van der Waals surface area contributed by atoms with Gasteiger partial charge in [0, 0.05) is 12.7 Å². The number of carbonyl (C=O) groups is 1. The number of rotatable bonds is 6. The van der Waals surface area contributed by atoms with Crippen LogP contribution in [0.15, 0.2) is 30.6 Å². The number of aliphatic hydroxyl groups excluding tert-OH is 1. The standard InChI is InChI=1S/C19H20FN5O5/c20-15-17(29-9-8-26)22-16(13-10-21-25-7-2-1-5-14(13)25)23-18(15)30-12-4-3-6-24(11-12)19(27)28/h1-2,5,7,10,12,26H,3-4,6,8-9,11H2,(H,27,28)/t12-/m1/s1. The second-order valence-corrected chi connectivity index (χ2v) is 6.74. The molecule has 4 rings (SSSR count). The summed E-state index contributed by atoms with van der Waals surface area (Å²) < 4.78 is 27.5. The maximum Gasteiger partial charge on any atom is 0.407 e. The van der Waals surface area contributed by atoms with Gasteiger partial charge in [-0.15, -0.1) is 0 Å². The second-order valence-electron chi connectivity index (χ2n) is 6.74. The third-order valence-electron chi connectivity index (χ3n) is 4.71. The maximum atomic E-state index is 14.9. The van der Waals surface area contributed by atoms with Crippen LogP contribution < -0.4 is 9.47 Å². The normalized spacial score (nSPS) is 16.6. The lowest BCUT2D eigenvalue weighted by Crippen LogP contribution is -2.43. The van der Waals surface area contributed by atoms with Crippen molar-refractivity contribution in [1.29, 1.82) is 0 Å². The highest BCUT2D eigenvalue weighted by molar-refractivity contribution is 5.75. The Morgan fingerprint density at radius 1 is 1.30 bits per heavy atom.